The van der Waals surface area contributed by atoms with E-state index >= 15 is 19.2 Å². The number of carbonyl (C=O) groups excluding carboxylic acids is 12. The van der Waals surface area contributed by atoms with Crippen molar-refractivity contribution in [2.45, 2.75) is 241 Å². The lowest BCUT2D eigenvalue weighted by Gasteiger charge is -2.31. The third kappa shape index (κ3) is 30.5. The number of nitrogens with two attached hydrogens (primary N) is 4. The van der Waals surface area contributed by atoms with E-state index in [0.29, 0.717) is 50.4 Å². The molecular formula is C88H130N34O12. The van der Waals surface area contributed by atoms with Crippen molar-refractivity contribution in [3.63, 3.8) is 0 Å². The second-order valence-corrected chi connectivity index (χ2v) is 34.3. The summed E-state index contributed by atoms with van der Waals surface area (Å²) in [5.74, 6) is -10.5. The summed E-state index contributed by atoms with van der Waals surface area (Å²) in [6.07, 6.45) is 12.6. The quantitative estimate of drug-likeness (QED) is 0.0108. The van der Waals surface area contributed by atoms with Gasteiger partial charge in [0.05, 0.1) is 61.4 Å². The van der Waals surface area contributed by atoms with Gasteiger partial charge in [-0.3, -0.25) is 98.5 Å². The molecule has 28 N–H and O–H groups in total. The molecule has 0 unspecified atom stereocenters. The zero-order valence-electron chi connectivity index (χ0n) is 75.8. The number of anilines is 2. The number of aryl methyl sites for hydroxylation is 2. The van der Waals surface area contributed by atoms with Crippen LogP contribution in [-0.4, -0.2) is 271 Å². The first kappa shape index (κ1) is 100. The van der Waals surface area contributed by atoms with Crippen LogP contribution in [0.2, 0.25) is 0 Å². The number of rotatable bonds is 38. The predicted molar refractivity (Wildman–Crippen MR) is 499 cm³/mol. The summed E-state index contributed by atoms with van der Waals surface area (Å²) in [5, 5.41) is 95.7. The predicted octanol–water partition coefficient (Wildman–Crippen LogP) is -2.50. The Morgan fingerprint density at radius 1 is 0.388 bits per heavy atom. The number of hydrogen-bond donors (Lipinski definition) is 24. The van der Waals surface area contributed by atoms with Crippen molar-refractivity contribution in [3.05, 3.63) is 94.8 Å². The first-order valence-electron chi connectivity index (χ1n) is 46.6. The third-order valence-corrected chi connectivity index (χ3v) is 24.2. The zero-order chi connectivity index (χ0) is 95.4. The summed E-state index contributed by atoms with van der Waals surface area (Å²) in [5.41, 5.74) is 32.0. The lowest BCUT2D eigenvalue weighted by molar-refractivity contribution is -0.142. The Bertz CT molecular complexity index is 4850. The Balaban J connectivity index is 0.785. The van der Waals surface area contributed by atoms with Crippen molar-refractivity contribution < 1.29 is 57.5 Å². The van der Waals surface area contributed by atoms with Crippen molar-refractivity contribution in [2.75, 3.05) is 89.2 Å². The van der Waals surface area contributed by atoms with E-state index in [1.807, 2.05) is 36.4 Å². The van der Waals surface area contributed by atoms with E-state index in [2.05, 4.69) is 118 Å². The van der Waals surface area contributed by atoms with Gasteiger partial charge in [0.2, 0.25) is 70.9 Å². The van der Waals surface area contributed by atoms with E-state index < -0.39 is 120 Å². The van der Waals surface area contributed by atoms with Crippen LogP contribution in [0.25, 0.3) is 21.8 Å². The number of aromatic nitrogens is 8. The van der Waals surface area contributed by atoms with Gasteiger partial charge in [-0.05, 0) is 190 Å². The molecule has 11 rings (SSSR count). The van der Waals surface area contributed by atoms with Crippen molar-refractivity contribution in [1.82, 2.24) is 124 Å². The Labute approximate surface area is 775 Å². The van der Waals surface area contributed by atoms with Crippen LogP contribution in [0.5, 0.6) is 0 Å². The summed E-state index contributed by atoms with van der Waals surface area (Å²) >= 11 is 0. The van der Waals surface area contributed by atoms with E-state index in [-0.39, 0.29) is 204 Å². The lowest BCUT2D eigenvalue weighted by Crippen LogP contribution is -2.59. The van der Waals surface area contributed by atoms with Gasteiger partial charge in [-0.25, -0.2) is 0 Å². The minimum Gasteiger partial charge on any atom is -0.382 e. The molecule has 0 radical (unpaired) electrons. The molecule has 5 aliphatic rings. The van der Waals surface area contributed by atoms with Gasteiger partial charge in [0.15, 0.2) is 23.8 Å². The fourth-order valence-corrected chi connectivity index (χ4v) is 17.5. The molecule has 0 bridgehead atoms. The number of amides is 12. The zero-order valence-corrected chi connectivity index (χ0v) is 75.8. The van der Waals surface area contributed by atoms with Gasteiger partial charge in [-0.2, -0.15) is 0 Å². The summed E-state index contributed by atoms with van der Waals surface area (Å²) in [4.78, 5) is 187. The maximum absolute atomic E-state index is 15.1. The fraction of sp³-hybridized carbons (Fsp3) is 0.568. The number of nitrogens with zero attached hydrogens (tertiary/aromatic N) is 10. The number of nitrogens with one attached hydrogen (secondary N) is 20. The third-order valence-electron chi connectivity index (χ3n) is 24.2. The van der Waals surface area contributed by atoms with Crippen LogP contribution in [0.3, 0.4) is 0 Å². The van der Waals surface area contributed by atoms with E-state index in [9.17, 15) is 38.4 Å². The topological polar surface area (TPSA) is 690 Å². The van der Waals surface area contributed by atoms with Gasteiger partial charge in [0.1, 0.15) is 48.3 Å². The summed E-state index contributed by atoms with van der Waals surface area (Å²) in [6, 6.07) is 5.04. The van der Waals surface area contributed by atoms with Crippen LogP contribution in [-0.2, 0) is 109 Å². The second-order valence-electron chi connectivity index (χ2n) is 34.3. The van der Waals surface area contributed by atoms with Crippen molar-refractivity contribution in [2.24, 2.45) is 22.9 Å². The minimum absolute atomic E-state index is 0.0120. The molecule has 724 valence electrons. The Morgan fingerprint density at radius 2 is 0.724 bits per heavy atom. The Kier molecular flexibility index (Phi) is 38.2. The smallest absolute Gasteiger partial charge is 0.245 e. The molecule has 4 aromatic heterocycles. The van der Waals surface area contributed by atoms with Gasteiger partial charge in [-0.1, -0.05) is 46.8 Å². The number of hydrogen-bond acceptors (Lipinski definition) is 24. The fourth-order valence-electron chi connectivity index (χ4n) is 17.5. The van der Waals surface area contributed by atoms with Crippen molar-refractivity contribution >= 4 is 128 Å². The number of para-hydroxylation sites is 2. The molecule has 2 aromatic carbocycles. The molecule has 12 amide bonds. The average Bonchev–Trinajstić information content (AvgIpc) is 0.894. The van der Waals surface area contributed by atoms with Crippen LogP contribution in [0.4, 0.5) is 11.4 Å². The Hall–Kier alpha value is -14.1. The van der Waals surface area contributed by atoms with Gasteiger partial charge < -0.3 is 118 Å². The van der Waals surface area contributed by atoms with Crippen molar-refractivity contribution in [3.8, 4) is 0 Å². The maximum Gasteiger partial charge on any atom is 0.245 e. The molecule has 6 aromatic rings. The second kappa shape index (κ2) is 51.0. The highest BCUT2D eigenvalue weighted by atomic mass is 16.2. The highest BCUT2D eigenvalue weighted by molar-refractivity contribution is 6.00. The molecule has 3 aliphatic heterocycles. The molecule has 134 heavy (non-hydrogen) atoms. The summed E-state index contributed by atoms with van der Waals surface area (Å²) < 4.78 is 3.32. The van der Waals surface area contributed by atoms with Crippen LogP contribution in [0, 0.1) is 21.6 Å². The maximum atomic E-state index is 15.1. The molecular weight excluding hydrogens is 1730 g/mol. The highest BCUT2D eigenvalue weighted by Gasteiger charge is 2.42. The van der Waals surface area contributed by atoms with E-state index in [4.69, 9.17) is 54.5 Å². The van der Waals surface area contributed by atoms with Gasteiger partial charge >= 0.3 is 0 Å². The highest BCUT2D eigenvalue weighted by Crippen LogP contribution is 2.35. The van der Waals surface area contributed by atoms with Gasteiger partial charge in [0.25, 0.3) is 0 Å². The molecule has 0 saturated carbocycles. The van der Waals surface area contributed by atoms with Gasteiger partial charge in [0, 0.05) is 111 Å². The minimum atomic E-state index is -1.46. The largest absolute Gasteiger partial charge is 0.382 e. The molecule has 3 saturated heterocycles. The molecule has 7 heterocycles. The first-order valence-corrected chi connectivity index (χ1v) is 46.6. The molecule has 46 nitrogen and oxygen atoms in total. The number of benzene rings is 2. The number of guanidine groups is 4. The summed E-state index contributed by atoms with van der Waals surface area (Å²) in [6.45, 7) is 0.942. The molecule has 2 aliphatic carbocycles. The Morgan fingerprint density at radius 3 is 1.10 bits per heavy atom. The van der Waals surface area contributed by atoms with E-state index in [1.165, 1.54) is 20.9 Å². The van der Waals surface area contributed by atoms with Crippen LogP contribution in [0.15, 0.2) is 60.9 Å². The van der Waals surface area contributed by atoms with E-state index in [0.717, 1.165) is 95.9 Å². The SMILES string of the molecule is N=C(N)NCCC[C@@H]1NC(=O)CNC(=O)[C@@H]2CCCN2C(=O)[C@H](CCCNC(=N)N)NC(=O)[C@@H](CCCCNC(=O)Cc2cn(CCNc3c4c(nc5ccccc35)CCCC4)nn2)NC(=O)[C@H](CCCNC(=N)N)NC(=O)CNC(=O)[C@@H]2CCCN2C(=O)[C@H](CCCNC(=N)N)NC(=O)[C@H](CCCCNC(=O)Cc2cn(CCNc3c4c(nc5ccccc35)CCCC4)nn2)NC1=O. The monoisotopic (exact) mass is 1860 g/mol. The van der Waals surface area contributed by atoms with Crippen LogP contribution >= 0.6 is 0 Å². The molecule has 8 atom stereocenters. The normalized spacial score (nSPS) is 20.2. The molecule has 46 heteroatoms. The van der Waals surface area contributed by atoms with Crippen LogP contribution in [0.1, 0.15) is 175 Å². The molecule has 3 fully saturated rings. The van der Waals surface area contributed by atoms with E-state index in [1.54, 1.807) is 21.8 Å². The molecule has 0 spiro atoms. The van der Waals surface area contributed by atoms with Crippen LogP contribution < -0.4 is 108 Å². The summed E-state index contributed by atoms with van der Waals surface area (Å²) in [7, 11) is 0. The number of carbonyl (C=O) groups is 12. The average molecular weight is 1860 g/mol. The number of fused-ring (bicyclic) bond motifs is 6. The number of unbranched alkanes of at least 4 members (excludes halogenated alkanes) is 2. The lowest BCUT2D eigenvalue weighted by atomic mass is 9.92. The standard InChI is InChI=1S/C88H130N34O12/c89-85(90)101-37-13-29-63-77(127)111-65(27-9-11-35-97-71(123)47-53-51-119(117-115-53)45-41-99-75-55-19-1-5-23-59(55)107-60-24-6-2-20-56(60)75)79(129)113-67(31-15-39-103-87(93)94)83(133)121-43-17-33-69(121)81(131)106-50-74(126)110-64(30-14-38-102-86(91)92)78(128)112-66(80(130)114-68(32-16-40-104-88(95)96)84(134)122-44-18-34-70(122)82(132)105-49-73(125)109-63)28-10-12-36-98-72(124)48-54-52-120(118-116-54)46-42-100-76-57-21-3-7-25-61(57)108-62-26-8-4-22-58(62)76/h1,3,5,7,19,21,23,25,51-52,63-70H,2,4,6,8-18,20,22,24,26-50H2,(H,97,123)(H,98,124)(H,99,107)(H,100,108)(H,105,132)(H,106,131)(H,109,125)(H,110,126)(H,111,127)(H,112,128)(H,113,129)(H,114,130)(H4,89,90,101)(H4,91,92,102)(H4,93,94,103)(H4,95,96,104)/t63-,64-,65-,66+,67-,68-,69-,70-/m0/s1. The number of pyridine rings is 2. The van der Waals surface area contributed by atoms with Gasteiger partial charge in [-0.15, -0.1) is 10.2 Å². The first-order chi connectivity index (χ1) is 64.7. The van der Waals surface area contributed by atoms with Crippen molar-refractivity contribution in [1.29, 1.82) is 21.6 Å².